The number of nitrogens with one attached hydrogen (secondary N) is 1. The summed E-state index contributed by atoms with van der Waals surface area (Å²) < 4.78 is 23.0. The lowest BCUT2D eigenvalue weighted by atomic mass is 9.91. The van der Waals surface area contributed by atoms with E-state index < -0.39 is 9.84 Å². The molecule has 1 N–H and O–H groups in total. The van der Waals surface area contributed by atoms with Gasteiger partial charge in [0.2, 0.25) is 5.91 Å². The summed E-state index contributed by atoms with van der Waals surface area (Å²) in [5.41, 5.74) is 0.452. The first-order chi connectivity index (χ1) is 11.1. The molecule has 0 unspecified atom stereocenters. The Morgan fingerprint density at radius 2 is 1.75 bits per heavy atom. The lowest BCUT2D eigenvalue weighted by Crippen LogP contribution is -2.41. The largest absolute Gasteiger partial charge is 0.351 e. The molecule has 24 heavy (non-hydrogen) atoms. The van der Waals surface area contributed by atoms with Gasteiger partial charge in [-0.1, -0.05) is 13.8 Å². The number of hydrogen-bond donors (Lipinski definition) is 1. The summed E-state index contributed by atoms with van der Waals surface area (Å²) in [5.74, 6) is 0.298. The first-order valence-corrected chi connectivity index (χ1v) is 9.85. The van der Waals surface area contributed by atoms with Crippen LogP contribution < -0.4 is 5.32 Å². The van der Waals surface area contributed by atoms with Gasteiger partial charge in [0.25, 0.3) is 5.91 Å². The molecular weight excluding hydrogens is 328 g/mol. The predicted octanol–water partition coefficient (Wildman–Crippen LogP) is 1.32. The molecule has 2 amide bonds. The molecule has 1 heterocycles. The minimum Gasteiger partial charge on any atom is -0.351 e. The van der Waals surface area contributed by atoms with Crippen molar-refractivity contribution in [1.29, 1.82) is 0 Å². The zero-order valence-electron chi connectivity index (χ0n) is 14.4. The number of carbonyl (C=O) groups excluding carboxylic acids is 2. The number of nitrogens with zero attached hydrogens (tertiary/aromatic N) is 1. The summed E-state index contributed by atoms with van der Waals surface area (Å²) in [6, 6.07) is 5.92. The van der Waals surface area contributed by atoms with Crippen molar-refractivity contribution >= 4 is 21.7 Å². The van der Waals surface area contributed by atoms with E-state index in [1.807, 2.05) is 0 Å². The molecule has 0 spiro atoms. The monoisotopic (exact) mass is 352 g/mol. The molecule has 1 saturated heterocycles. The summed E-state index contributed by atoms with van der Waals surface area (Å²) in [5, 5.41) is 2.93. The molecule has 0 saturated carbocycles. The Balaban J connectivity index is 2.16. The van der Waals surface area contributed by atoms with Crippen LogP contribution in [0.2, 0.25) is 0 Å². The SMILES string of the molecule is CC(=O)N[C@@H]1CN(C(=O)c2ccc(S(C)(=O)=O)cc2)C[C@H]1C(C)C. The second-order valence-electron chi connectivity index (χ2n) is 6.72. The molecule has 6 nitrogen and oxygen atoms in total. The van der Waals surface area contributed by atoms with Crippen LogP contribution in [0.15, 0.2) is 29.2 Å². The number of amides is 2. The second kappa shape index (κ2) is 6.93. The van der Waals surface area contributed by atoms with Crippen LogP contribution >= 0.6 is 0 Å². The Hall–Kier alpha value is -1.89. The topological polar surface area (TPSA) is 83.6 Å². The third-order valence-corrected chi connectivity index (χ3v) is 5.56. The Kier molecular flexibility index (Phi) is 5.32. The number of hydrogen-bond acceptors (Lipinski definition) is 4. The van der Waals surface area contributed by atoms with Gasteiger partial charge >= 0.3 is 0 Å². The molecule has 1 aromatic carbocycles. The lowest BCUT2D eigenvalue weighted by molar-refractivity contribution is -0.119. The molecule has 1 aliphatic rings. The molecule has 0 aromatic heterocycles. The van der Waals surface area contributed by atoms with E-state index in [2.05, 4.69) is 19.2 Å². The Bertz CT molecular complexity index is 725. The predicted molar refractivity (Wildman–Crippen MR) is 91.4 cm³/mol. The summed E-state index contributed by atoms with van der Waals surface area (Å²) in [6.07, 6.45) is 1.13. The van der Waals surface area contributed by atoms with Crippen LogP contribution in [0.5, 0.6) is 0 Å². The van der Waals surface area contributed by atoms with Crippen molar-refractivity contribution in [3.8, 4) is 0 Å². The molecule has 1 aromatic rings. The summed E-state index contributed by atoms with van der Waals surface area (Å²) in [7, 11) is -3.28. The fraction of sp³-hybridized carbons (Fsp3) is 0.529. The van der Waals surface area contributed by atoms with Crippen LogP contribution in [-0.2, 0) is 14.6 Å². The maximum absolute atomic E-state index is 12.7. The third-order valence-electron chi connectivity index (χ3n) is 4.43. The number of benzene rings is 1. The fourth-order valence-corrected chi connectivity index (χ4v) is 3.74. The summed E-state index contributed by atoms with van der Waals surface area (Å²) in [6.45, 7) is 6.68. The van der Waals surface area contributed by atoms with Crippen LogP contribution in [0.3, 0.4) is 0 Å². The first kappa shape index (κ1) is 18.4. The highest BCUT2D eigenvalue weighted by Crippen LogP contribution is 2.26. The standard InChI is InChI=1S/C17H24N2O4S/c1-11(2)15-9-19(10-16(15)18-12(3)20)17(21)13-5-7-14(8-6-13)24(4,22)23/h5-8,11,15-16H,9-10H2,1-4H3,(H,18,20)/t15-,16+/m0/s1. The minimum atomic E-state index is -3.28. The van der Waals surface area contributed by atoms with Gasteiger partial charge in [-0.3, -0.25) is 9.59 Å². The van der Waals surface area contributed by atoms with E-state index in [1.54, 1.807) is 4.90 Å². The van der Waals surface area contributed by atoms with Crippen LogP contribution in [0.1, 0.15) is 31.1 Å². The third kappa shape index (κ3) is 4.14. The van der Waals surface area contributed by atoms with Crippen LogP contribution in [-0.4, -0.2) is 50.5 Å². The van der Waals surface area contributed by atoms with Crippen LogP contribution in [0.4, 0.5) is 0 Å². The molecule has 1 fully saturated rings. The molecular formula is C17H24N2O4S. The lowest BCUT2D eigenvalue weighted by Gasteiger charge is -2.21. The first-order valence-electron chi connectivity index (χ1n) is 7.96. The van der Waals surface area contributed by atoms with Gasteiger partial charge in [0.1, 0.15) is 0 Å². The van der Waals surface area contributed by atoms with E-state index in [9.17, 15) is 18.0 Å². The molecule has 2 rings (SSSR count). The normalized spacial score (nSPS) is 21.1. The summed E-state index contributed by atoms with van der Waals surface area (Å²) in [4.78, 5) is 26.0. The molecule has 0 bridgehead atoms. The fourth-order valence-electron chi connectivity index (χ4n) is 3.11. The molecule has 132 valence electrons. The second-order valence-corrected chi connectivity index (χ2v) is 8.74. The van der Waals surface area contributed by atoms with Gasteiger partial charge in [0.15, 0.2) is 9.84 Å². The van der Waals surface area contributed by atoms with E-state index >= 15 is 0 Å². The van der Waals surface area contributed by atoms with Crippen molar-refractivity contribution in [3.05, 3.63) is 29.8 Å². The van der Waals surface area contributed by atoms with Crippen molar-refractivity contribution in [1.82, 2.24) is 10.2 Å². The summed E-state index contributed by atoms with van der Waals surface area (Å²) >= 11 is 0. The average molecular weight is 352 g/mol. The van der Waals surface area contributed by atoms with E-state index in [4.69, 9.17) is 0 Å². The maximum atomic E-state index is 12.7. The van der Waals surface area contributed by atoms with Gasteiger partial charge < -0.3 is 10.2 Å². The molecule has 0 aliphatic carbocycles. The van der Waals surface area contributed by atoms with Crippen molar-refractivity contribution in [2.75, 3.05) is 19.3 Å². The molecule has 1 aliphatic heterocycles. The van der Waals surface area contributed by atoms with Crippen LogP contribution in [0, 0.1) is 11.8 Å². The number of sulfone groups is 1. The van der Waals surface area contributed by atoms with Gasteiger partial charge in [-0.05, 0) is 30.2 Å². The van der Waals surface area contributed by atoms with Gasteiger partial charge in [-0.15, -0.1) is 0 Å². The Morgan fingerprint density at radius 3 is 2.21 bits per heavy atom. The smallest absolute Gasteiger partial charge is 0.253 e. The Morgan fingerprint density at radius 1 is 1.17 bits per heavy atom. The number of likely N-dealkylation sites (tertiary alicyclic amines) is 1. The maximum Gasteiger partial charge on any atom is 0.253 e. The van der Waals surface area contributed by atoms with E-state index in [0.29, 0.717) is 24.6 Å². The number of carbonyl (C=O) groups is 2. The van der Waals surface area contributed by atoms with Gasteiger partial charge in [-0.2, -0.15) is 0 Å². The van der Waals surface area contributed by atoms with E-state index in [1.165, 1.54) is 31.2 Å². The zero-order chi connectivity index (χ0) is 18.1. The van der Waals surface area contributed by atoms with E-state index in [0.717, 1.165) is 6.26 Å². The van der Waals surface area contributed by atoms with Crippen molar-refractivity contribution in [2.24, 2.45) is 11.8 Å². The van der Waals surface area contributed by atoms with Crippen molar-refractivity contribution < 1.29 is 18.0 Å². The van der Waals surface area contributed by atoms with Gasteiger partial charge in [-0.25, -0.2) is 8.42 Å². The molecule has 0 radical (unpaired) electrons. The molecule has 7 heteroatoms. The van der Waals surface area contributed by atoms with Gasteiger partial charge in [0.05, 0.1) is 10.9 Å². The number of rotatable bonds is 4. The molecule has 2 atom stereocenters. The quantitative estimate of drug-likeness (QED) is 0.886. The van der Waals surface area contributed by atoms with Crippen molar-refractivity contribution in [2.45, 2.75) is 31.7 Å². The zero-order valence-corrected chi connectivity index (χ0v) is 15.3. The minimum absolute atomic E-state index is 0.0539. The van der Waals surface area contributed by atoms with E-state index in [-0.39, 0.29) is 28.7 Å². The highest BCUT2D eigenvalue weighted by molar-refractivity contribution is 7.90. The van der Waals surface area contributed by atoms with Crippen LogP contribution in [0.25, 0.3) is 0 Å². The highest BCUT2D eigenvalue weighted by Gasteiger charge is 2.37. The van der Waals surface area contributed by atoms with Crippen molar-refractivity contribution in [3.63, 3.8) is 0 Å². The highest BCUT2D eigenvalue weighted by atomic mass is 32.2. The average Bonchev–Trinajstić information content (AvgIpc) is 2.89. The van der Waals surface area contributed by atoms with Gasteiger partial charge in [0, 0.05) is 37.8 Å². The Labute approximate surface area is 143 Å².